The van der Waals surface area contributed by atoms with Crippen LogP contribution in [0.3, 0.4) is 0 Å². The molecule has 0 aliphatic carbocycles. The number of rotatable bonds is 13. The van der Waals surface area contributed by atoms with E-state index in [0.717, 1.165) is 5.56 Å². The second-order valence-corrected chi connectivity index (χ2v) is 6.59. The summed E-state index contributed by atoms with van der Waals surface area (Å²) in [5.41, 5.74) is 0.974. The van der Waals surface area contributed by atoms with Crippen molar-refractivity contribution in [1.29, 1.82) is 0 Å². The lowest BCUT2D eigenvalue weighted by atomic mass is 10.2. The zero-order valence-corrected chi connectivity index (χ0v) is 15.2. The van der Waals surface area contributed by atoms with Crippen LogP contribution in [0.4, 0.5) is 0 Å². The van der Waals surface area contributed by atoms with Gasteiger partial charge in [0, 0.05) is 7.11 Å². The smallest absolute Gasteiger partial charge is 0.299 e. The fourth-order valence-electron chi connectivity index (χ4n) is 1.70. The van der Waals surface area contributed by atoms with Crippen LogP contribution >= 0.6 is 0 Å². The molecule has 0 aliphatic rings. The average molecular weight is 362 g/mol. The Balaban J connectivity index is 2.17. The fourth-order valence-corrected chi connectivity index (χ4v) is 2.70. The molecular formula is C16H26O7S. The van der Waals surface area contributed by atoms with Crippen molar-refractivity contribution >= 4 is 10.1 Å². The summed E-state index contributed by atoms with van der Waals surface area (Å²) in [6, 6.07) is 6.43. The Hall–Kier alpha value is -1.03. The Morgan fingerprint density at radius 3 is 2.04 bits per heavy atom. The highest BCUT2D eigenvalue weighted by Crippen LogP contribution is 2.15. The normalized spacial score (nSPS) is 13.1. The first-order chi connectivity index (χ1) is 11.5. The molecule has 1 aromatic carbocycles. The van der Waals surface area contributed by atoms with Crippen molar-refractivity contribution in [2.75, 3.05) is 46.8 Å². The molecule has 0 heterocycles. The molecule has 0 N–H and O–H groups in total. The van der Waals surface area contributed by atoms with Crippen LogP contribution in [0.1, 0.15) is 12.5 Å². The molecule has 1 atom stereocenters. The number of methoxy groups -OCH3 is 1. The second-order valence-electron chi connectivity index (χ2n) is 5.02. The van der Waals surface area contributed by atoms with Crippen LogP contribution in [0.25, 0.3) is 0 Å². The summed E-state index contributed by atoms with van der Waals surface area (Å²) < 4.78 is 49.7. The third-order valence-corrected chi connectivity index (χ3v) is 4.33. The van der Waals surface area contributed by atoms with Gasteiger partial charge in [0.1, 0.15) is 0 Å². The van der Waals surface area contributed by atoms with Gasteiger partial charge in [0.2, 0.25) is 0 Å². The quantitative estimate of drug-likeness (QED) is 0.300. The molecule has 1 aromatic rings. The third-order valence-electron chi connectivity index (χ3n) is 2.96. The van der Waals surface area contributed by atoms with Gasteiger partial charge < -0.3 is 18.9 Å². The van der Waals surface area contributed by atoms with E-state index in [0.29, 0.717) is 33.0 Å². The minimum atomic E-state index is -3.83. The van der Waals surface area contributed by atoms with Gasteiger partial charge in [-0.15, -0.1) is 0 Å². The average Bonchev–Trinajstić information content (AvgIpc) is 2.53. The number of ether oxygens (including phenoxy) is 4. The summed E-state index contributed by atoms with van der Waals surface area (Å²) in [5.74, 6) is 0. The minimum absolute atomic E-state index is 0.105. The van der Waals surface area contributed by atoms with E-state index in [-0.39, 0.29) is 11.5 Å². The lowest BCUT2D eigenvalue weighted by Crippen LogP contribution is -2.21. The molecule has 0 spiro atoms. The number of hydrogen-bond acceptors (Lipinski definition) is 7. The molecule has 0 saturated carbocycles. The maximum absolute atomic E-state index is 12.1. The van der Waals surface area contributed by atoms with Crippen molar-refractivity contribution in [3.05, 3.63) is 29.8 Å². The van der Waals surface area contributed by atoms with E-state index < -0.39 is 16.4 Å². The zero-order chi connectivity index (χ0) is 17.8. The van der Waals surface area contributed by atoms with Crippen molar-refractivity contribution in [2.45, 2.75) is 25.0 Å². The highest BCUT2D eigenvalue weighted by molar-refractivity contribution is 7.86. The molecule has 7 nitrogen and oxygen atoms in total. The minimum Gasteiger partial charge on any atom is -0.382 e. The van der Waals surface area contributed by atoms with Gasteiger partial charge in [-0.3, -0.25) is 0 Å². The molecule has 0 aliphatic heterocycles. The standard InChI is InChI=1S/C16H26O7S/c1-14-4-6-16(7-5-14)24(17,18)23-15(2)22-13-12-21-11-10-20-9-8-19-3/h4-7,15H,8-13H2,1-3H3. The lowest BCUT2D eigenvalue weighted by Gasteiger charge is -2.14. The van der Waals surface area contributed by atoms with E-state index in [9.17, 15) is 8.42 Å². The maximum atomic E-state index is 12.1. The van der Waals surface area contributed by atoms with Crippen LogP contribution in [0.2, 0.25) is 0 Å². The highest BCUT2D eigenvalue weighted by Gasteiger charge is 2.19. The summed E-state index contributed by atoms with van der Waals surface area (Å²) in [6.07, 6.45) is -0.891. The molecule has 0 saturated heterocycles. The monoisotopic (exact) mass is 362 g/mol. The van der Waals surface area contributed by atoms with Crippen molar-refractivity contribution in [3.8, 4) is 0 Å². The van der Waals surface area contributed by atoms with Gasteiger partial charge in [-0.25, -0.2) is 4.18 Å². The molecule has 0 fully saturated rings. The predicted octanol–water partition coefficient (Wildman–Crippen LogP) is 1.74. The van der Waals surface area contributed by atoms with Crippen LogP contribution in [-0.4, -0.2) is 61.5 Å². The summed E-state index contributed by atoms with van der Waals surface area (Å²) >= 11 is 0. The molecule has 24 heavy (non-hydrogen) atoms. The van der Waals surface area contributed by atoms with E-state index >= 15 is 0 Å². The van der Waals surface area contributed by atoms with E-state index in [1.807, 2.05) is 6.92 Å². The largest absolute Gasteiger partial charge is 0.382 e. The van der Waals surface area contributed by atoms with Gasteiger partial charge >= 0.3 is 0 Å². The van der Waals surface area contributed by atoms with E-state index in [2.05, 4.69) is 0 Å². The van der Waals surface area contributed by atoms with Gasteiger partial charge in [-0.1, -0.05) is 17.7 Å². The number of hydrogen-bond donors (Lipinski definition) is 0. The van der Waals surface area contributed by atoms with Gasteiger partial charge in [0.15, 0.2) is 6.29 Å². The first-order valence-corrected chi connectivity index (χ1v) is 9.12. The molecule has 0 aromatic heterocycles. The SMILES string of the molecule is COCCOCCOCCOC(C)OS(=O)(=O)c1ccc(C)cc1. The van der Waals surface area contributed by atoms with Crippen molar-refractivity contribution < 1.29 is 31.5 Å². The lowest BCUT2D eigenvalue weighted by molar-refractivity contribution is -0.0834. The summed E-state index contributed by atoms with van der Waals surface area (Å²) in [4.78, 5) is 0.105. The van der Waals surface area contributed by atoms with Gasteiger partial charge in [0.25, 0.3) is 10.1 Å². The van der Waals surface area contributed by atoms with Gasteiger partial charge in [-0.05, 0) is 26.0 Å². The number of aryl methyl sites for hydroxylation is 1. The summed E-state index contributed by atoms with van der Waals surface area (Å²) in [7, 11) is -2.22. The van der Waals surface area contributed by atoms with Crippen molar-refractivity contribution in [1.82, 2.24) is 0 Å². The van der Waals surface area contributed by atoms with E-state index in [4.69, 9.17) is 23.1 Å². The Bertz CT molecular complexity index is 542. The van der Waals surface area contributed by atoms with Crippen LogP contribution in [0, 0.1) is 6.92 Å². The maximum Gasteiger partial charge on any atom is 0.299 e. The molecule has 1 rings (SSSR count). The Kier molecular flexibility index (Phi) is 10.1. The highest BCUT2D eigenvalue weighted by atomic mass is 32.2. The predicted molar refractivity (Wildman–Crippen MR) is 88.4 cm³/mol. The van der Waals surface area contributed by atoms with Crippen LogP contribution in [0.5, 0.6) is 0 Å². The molecule has 0 bridgehead atoms. The van der Waals surface area contributed by atoms with Gasteiger partial charge in [0.05, 0.1) is 44.5 Å². The second kappa shape index (κ2) is 11.5. The fraction of sp³-hybridized carbons (Fsp3) is 0.625. The zero-order valence-electron chi connectivity index (χ0n) is 14.4. The Labute approximate surface area is 143 Å². The van der Waals surface area contributed by atoms with Crippen molar-refractivity contribution in [3.63, 3.8) is 0 Å². The first-order valence-electron chi connectivity index (χ1n) is 7.71. The summed E-state index contributed by atoms with van der Waals surface area (Å²) in [5, 5.41) is 0. The van der Waals surface area contributed by atoms with E-state index in [1.54, 1.807) is 19.2 Å². The Morgan fingerprint density at radius 2 is 1.46 bits per heavy atom. The molecule has 8 heteroatoms. The molecule has 138 valence electrons. The molecule has 0 radical (unpaired) electrons. The Morgan fingerprint density at radius 1 is 0.917 bits per heavy atom. The number of benzene rings is 1. The van der Waals surface area contributed by atoms with Gasteiger partial charge in [-0.2, -0.15) is 8.42 Å². The topological polar surface area (TPSA) is 80.3 Å². The summed E-state index contributed by atoms with van der Waals surface area (Å²) in [6.45, 7) is 5.94. The van der Waals surface area contributed by atoms with Crippen molar-refractivity contribution in [2.24, 2.45) is 0 Å². The third kappa shape index (κ3) is 8.72. The van der Waals surface area contributed by atoms with Crippen LogP contribution in [-0.2, 0) is 33.2 Å². The molecule has 1 unspecified atom stereocenters. The first kappa shape index (κ1) is 21.0. The van der Waals surface area contributed by atoms with Crippen LogP contribution in [0.15, 0.2) is 29.2 Å². The molecular weight excluding hydrogens is 336 g/mol. The van der Waals surface area contributed by atoms with E-state index in [1.165, 1.54) is 19.1 Å². The van der Waals surface area contributed by atoms with Crippen LogP contribution < -0.4 is 0 Å². The molecule has 0 amide bonds.